The molecule has 0 amide bonds. The molecule has 1 aliphatic heterocycles. The Labute approximate surface area is 227 Å². The van der Waals surface area contributed by atoms with Gasteiger partial charge in [-0.15, -0.1) is 0 Å². The van der Waals surface area contributed by atoms with E-state index in [0.29, 0.717) is 24.8 Å². The highest BCUT2D eigenvalue weighted by atomic mass is 19.4. The Morgan fingerprint density at radius 3 is 2.00 bits per heavy atom. The van der Waals surface area contributed by atoms with Crippen LogP contribution in [0.1, 0.15) is 52.4 Å². The predicted molar refractivity (Wildman–Crippen MR) is 143 cm³/mol. The number of rotatable bonds is 4. The molecular weight excluding hydrogens is 530 g/mol. The van der Waals surface area contributed by atoms with E-state index in [9.17, 15) is 31.1 Å². The number of pyridine rings is 1. The van der Waals surface area contributed by atoms with Gasteiger partial charge in [-0.25, -0.2) is 0 Å². The fraction of sp³-hybridized carbons (Fsp3) is 0.323. The van der Waals surface area contributed by atoms with Gasteiger partial charge in [0.05, 0.1) is 17.2 Å². The molecule has 1 unspecified atom stereocenters. The molecule has 0 bridgehead atoms. The summed E-state index contributed by atoms with van der Waals surface area (Å²) in [7, 11) is 1.68. The van der Waals surface area contributed by atoms with E-state index < -0.39 is 29.5 Å². The largest absolute Gasteiger partial charge is 0.416 e. The van der Waals surface area contributed by atoms with Gasteiger partial charge in [-0.05, 0) is 85.6 Å². The summed E-state index contributed by atoms with van der Waals surface area (Å²) in [6.07, 6.45) is -8.61. The molecule has 0 fully saturated rings. The lowest BCUT2D eigenvalue weighted by Crippen LogP contribution is -2.36. The van der Waals surface area contributed by atoms with Crippen LogP contribution in [0.3, 0.4) is 0 Å². The molecule has 3 nitrogen and oxygen atoms in total. The molecule has 3 aromatic carbocycles. The summed E-state index contributed by atoms with van der Waals surface area (Å²) >= 11 is 0. The molecule has 0 spiro atoms. The number of fused-ring (bicyclic) bond motifs is 2. The first kappa shape index (κ1) is 28.0. The normalized spacial score (nSPS) is 16.0. The van der Waals surface area contributed by atoms with Gasteiger partial charge in [0.1, 0.15) is 0 Å². The number of hydrogen-bond acceptors (Lipinski definition) is 2. The van der Waals surface area contributed by atoms with Crippen molar-refractivity contribution in [2.75, 3.05) is 7.05 Å². The van der Waals surface area contributed by atoms with E-state index in [-0.39, 0.29) is 23.7 Å². The minimum absolute atomic E-state index is 0.0994. The van der Waals surface area contributed by atoms with Crippen molar-refractivity contribution >= 4 is 10.8 Å². The molecule has 1 aromatic heterocycles. The fourth-order valence-electron chi connectivity index (χ4n) is 5.72. The summed E-state index contributed by atoms with van der Waals surface area (Å²) in [4.78, 5) is 15.5. The zero-order chi connectivity index (χ0) is 29.0. The maximum atomic E-state index is 13.8. The second kappa shape index (κ2) is 10.1. The first-order chi connectivity index (χ1) is 18.8. The number of benzene rings is 3. The first-order valence-electron chi connectivity index (χ1n) is 13.0. The van der Waals surface area contributed by atoms with Crippen molar-refractivity contribution in [3.05, 3.63) is 105 Å². The van der Waals surface area contributed by atoms with Crippen molar-refractivity contribution in [3.8, 4) is 11.1 Å². The van der Waals surface area contributed by atoms with Crippen LogP contribution in [0.2, 0.25) is 0 Å². The molecular formula is C31H28F6N2O. The van der Waals surface area contributed by atoms with Crippen LogP contribution in [-0.4, -0.2) is 16.5 Å². The van der Waals surface area contributed by atoms with Gasteiger partial charge in [-0.3, -0.25) is 9.69 Å². The molecule has 9 heteroatoms. The van der Waals surface area contributed by atoms with Crippen LogP contribution in [0.25, 0.3) is 21.9 Å². The van der Waals surface area contributed by atoms with E-state index in [1.54, 1.807) is 16.5 Å². The average molecular weight is 559 g/mol. The first-order valence-corrected chi connectivity index (χ1v) is 13.0. The van der Waals surface area contributed by atoms with Crippen molar-refractivity contribution in [2.24, 2.45) is 0 Å². The third-order valence-electron chi connectivity index (χ3n) is 7.77. The summed E-state index contributed by atoms with van der Waals surface area (Å²) in [5.74, 6) is 0. The van der Waals surface area contributed by atoms with E-state index in [1.807, 2.05) is 56.3 Å². The van der Waals surface area contributed by atoms with E-state index in [2.05, 4.69) is 0 Å². The highest BCUT2D eigenvalue weighted by Crippen LogP contribution is 2.42. The maximum absolute atomic E-state index is 13.8. The van der Waals surface area contributed by atoms with Gasteiger partial charge in [0.25, 0.3) is 5.56 Å². The molecule has 2 heterocycles. The monoisotopic (exact) mass is 558 g/mol. The number of alkyl halides is 6. The third kappa shape index (κ3) is 5.14. The topological polar surface area (TPSA) is 25.2 Å². The van der Waals surface area contributed by atoms with Gasteiger partial charge in [-0.1, -0.05) is 36.4 Å². The molecule has 5 rings (SSSR count). The Kier molecular flexibility index (Phi) is 7.06. The van der Waals surface area contributed by atoms with Crippen LogP contribution in [0.5, 0.6) is 0 Å². The zero-order valence-corrected chi connectivity index (χ0v) is 22.2. The van der Waals surface area contributed by atoms with E-state index in [0.717, 1.165) is 45.5 Å². The van der Waals surface area contributed by atoms with Crippen molar-refractivity contribution < 1.29 is 26.3 Å². The van der Waals surface area contributed by atoms with E-state index in [1.165, 1.54) is 0 Å². The lowest BCUT2D eigenvalue weighted by Gasteiger charge is -2.36. The highest BCUT2D eigenvalue weighted by Gasteiger charge is 2.37. The highest BCUT2D eigenvalue weighted by molar-refractivity contribution is 5.98. The Hall–Kier alpha value is -3.59. The van der Waals surface area contributed by atoms with Crippen molar-refractivity contribution in [1.82, 2.24) is 9.47 Å². The van der Waals surface area contributed by atoms with Crippen molar-refractivity contribution in [2.45, 2.75) is 58.2 Å². The van der Waals surface area contributed by atoms with Gasteiger partial charge in [0, 0.05) is 29.7 Å². The summed E-state index contributed by atoms with van der Waals surface area (Å²) < 4.78 is 82.7. The second-order valence-electron chi connectivity index (χ2n) is 10.6. The average Bonchev–Trinajstić information content (AvgIpc) is 2.89. The van der Waals surface area contributed by atoms with Crippen LogP contribution in [0.4, 0.5) is 26.3 Å². The van der Waals surface area contributed by atoms with Gasteiger partial charge < -0.3 is 4.57 Å². The van der Waals surface area contributed by atoms with E-state index in [4.69, 9.17) is 0 Å². The lowest BCUT2D eigenvalue weighted by molar-refractivity contribution is -0.143. The number of nitrogens with zero attached hydrogens (tertiary/aromatic N) is 2. The molecule has 4 aromatic rings. The molecule has 0 aliphatic carbocycles. The van der Waals surface area contributed by atoms with Crippen molar-refractivity contribution in [1.29, 1.82) is 0 Å². The Morgan fingerprint density at radius 1 is 0.850 bits per heavy atom. The third-order valence-corrected chi connectivity index (χ3v) is 7.77. The van der Waals surface area contributed by atoms with Crippen molar-refractivity contribution in [3.63, 3.8) is 0 Å². The minimum atomic E-state index is -4.92. The molecule has 0 N–H and O–H groups in total. The maximum Gasteiger partial charge on any atom is 0.416 e. The second-order valence-corrected chi connectivity index (χ2v) is 10.6. The van der Waals surface area contributed by atoms with Crippen LogP contribution >= 0.6 is 0 Å². The van der Waals surface area contributed by atoms with Crippen LogP contribution < -0.4 is 5.56 Å². The van der Waals surface area contributed by atoms with Gasteiger partial charge in [-0.2, -0.15) is 26.3 Å². The quantitative estimate of drug-likeness (QED) is 0.236. The standard InChI is InChI=1S/C31H28F6N2O/c1-18-12-24-25(13-19(18)2)29(40)39-11-7-10-26(28(39)27(24)21-8-5-4-6-9-21)38(3)17-20-14-22(30(32,33)34)16-23(15-20)31(35,36)37/h4-6,8-9,12-16,26H,7,10-11,17H2,1-3H3. The molecule has 210 valence electrons. The number of aromatic nitrogens is 1. The Balaban J connectivity index is 1.68. The van der Waals surface area contributed by atoms with Gasteiger partial charge >= 0.3 is 12.4 Å². The summed E-state index contributed by atoms with van der Waals surface area (Å²) in [6.45, 7) is 4.23. The van der Waals surface area contributed by atoms with Crippen LogP contribution in [0, 0.1) is 13.8 Å². The number of halogens is 6. The summed E-state index contributed by atoms with van der Waals surface area (Å²) in [5.41, 5.74) is 1.54. The van der Waals surface area contributed by atoms with E-state index >= 15 is 0 Å². The summed E-state index contributed by atoms with van der Waals surface area (Å²) in [6, 6.07) is 14.7. The molecule has 1 atom stereocenters. The zero-order valence-electron chi connectivity index (χ0n) is 22.2. The minimum Gasteiger partial charge on any atom is -0.310 e. The molecule has 0 radical (unpaired) electrons. The fourth-order valence-corrected chi connectivity index (χ4v) is 5.72. The van der Waals surface area contributed by atoms with Crippen LogP contribution in [-0.2, 0) is 25.4 Å². The predicted octanol–water partition coefficient (Wildman–Crippen LogP) is 8.29. The Bertz CT molecular complexity index is 1600. The number of aryl methyl sites for hydroxylation is 2. The molecule has 0 saturated heterocycles. The van der Waals surface area contributed by atoms with Gasteiger partial charge in [0.2, 0.25) is 0 Å². The van der Waals surface area contributed by atoms with Crippen LogP contribution in [0.15, 0.2) is 65.5 Å². The molecule has 0 saturated carbocycles. The summed E-state index contributed by atoms with van der Waals surface area (Å²) in [5, 5.41) is 1.37. The lowest BCUT2D eigenvalue weighted by atomic mass is 9.88. The SMILES string of the molecule is Cc1cc2c(-c3ccccc3)c3n(c(=O)c2cc1C)CCCC3N(C)Cc1cc(C(F)(F)F)cc(C(F)(F)F)c1. The molecule has 1 aliphatic rings. The molecule has 40 heavy (non-hydrogen) atoms. The van der Waals surface area contributed by atoms with Gasteiger partial charge in [0.15, 0.2) is 0 Å². The number of hydrogen-bond donors (Lipinski definition) is 0. The Morgan fingerprint density at radius 2 is 1.43 bits per heavy atom. The smallest absolute Gasteiger partial charge is 0.310 e.